The summed E-state index contributed by atoms with van der Waals surface area (Å²) < 4.78 is 14.3. The molecule has 0 aliphatic heterocycles. The Morgan fingerprint density at radius 1 is 1.29 bits per heavy atom. The lowest BCUT2D eigenvalue weighted by molar-refractivity contribution is 0.0771. The van der Waals surface area contributed by atoms with Crippen LogP contribution < -0.4 is 5.73 Å². The number of hydrogen-bond acceptors (Lipinski definition) is 2. The average Bonchev–Trinajstić information content (AvgIpc) is 2.96. The van der Waals surface area contributed by atoms with Crippen molar-refractivity contribution in [3.8, 4) is 0 Å². The molecule has 1 saturated carbocycles. The number of likely N-dealkylation sites (N-methyl/N-ethyl adjacent to an activating group) is 1. The molecule has 1 aliphatic rings. The zero-order valence-corrected chi connectivity index (χ0v) is 14.6. The largest absolute Gasteiger partial charge is 0.326 e. The van der Waals surface area contributed by atoms with E-state index in [9.17, 15) is 4.39 Å². The molecule has 2 rings (SSSR count). The maximum Gasteiger partial charge on any atom is 0.137 e. The van der Waals surface area contributed by atoms with Crippen LogP contribution in [0.4, 0.5) is 4.39 Å². The van der Waals surface area contributed by atoms with Crippen molar-refractivity contribution in [3.63, 3.8) is 0 Å². The maximum absolute atomic E-state index is 13.7. The van der Waals surface area contributed by atoms with Crippen LogP contribution in [-0.4, -0.2) is 29.6 Å². The second kappa shape index (κ2) is 7.21. The van der Waals surface area contributed by atoms with E-state index in [1.165, 1.54) is 18.9 Å². The number of nitrogens with zero attached hydrogens (tertiary/aromatic N) is 1. The predicted molar refractivity (Wildman–Crippen MR) is 89.9 cm³/mol. The highest BCUT2D eigenvalue weighted by Gasteiger charge is 2.43. The van der Waals surface area contributed by atoms with Crippen LogP contribution in [0.5, 0.6) is 0 Å². The molecule has 0 spiro atoms. The summed E-state index contributed by atoms with van der Waals surface area (Å²) >= 11 is 3.36. The van der Waals surface area contributed by atoms with Crippen molar-refractivity contribution in [2.75, 3.05) is 13.1 Å². The summed E-state index contributed by atoms with van der Waals surface area (Å²) in [6, 6.07) is 5.26. The fraction of sp³-hybridized carbons (Fsp3) is 0.647. The number of rotatable bonds is 6. The van der Waals surface area contributed by atoms with Crippen molar-refractivity contribution in [1.29, 1.82) is 0 Å². The van der Waals surface area contributed by atoms with Gasteiger partial charge in [-0.3, -0.25) is 4.90 Å². The molecule has 0 bridgehead atoms. The van der Waals surface area contributed by atoms with Crippen molar-refractivity contribution in [2.45, 2.75) is 57.5 Å². The van der Waals surface area contributed by atoms with E-state index in [0.717, 1.165) is 37.9 Å². The first-order chi connectivity index (χ1) is 10.0. The predicted octanol–water partition coefficient (Wildman–Crippen LogP) is 4.11. The van der Waals surface area contributed by atoms with E-state index in [2.05, 4.69) is 34.7 Å². The SMILES string of the molecule is CCN(CC)C1(C(N)Cc2cccc(F)c2Br)CCCC1. The van der Waals surface area contributed by atoms with Gasteiger partial charge in [0.25, 0.3) is 0 Å². The summed E-state index contributed by atoms with van der Waals surface area (Å²) in [5.74, 6) is -0.206. The minimum Gasteiger partial charge on any atom is -0.326 e. The third-order valence-corrected chi connectivity index (χ3v) is 5.91. The van der Waals surface area contributed by atoms with Gasteiger partial charge in [0.1, 0.15) is 5.82 Å². The molecule has 0 saturated heterocycles. The molecule has 0 amide bonds. The Kier molecular flexibility index (Phi) is 5.81. The number of benzene rings is 1. The molecule has 1 atom stereocenters. The summed E-state index contributed by atoms with van der Waals surface area (Å²) in [6.45, 7) is 6.45. The molecule has 1 unspecified atom stereocenters. The molecule has 2 N–H and O–H groups in total. The van der Waals surface area contributed by atoms with Gasteiger partial charge in [-0.15, -0.1) is 0 Å². The fourth-order valence-corrected chi connectivity index (χ4v) is 4.32. The molecule has 21 heavy (non-hydrogen) atoms. The highest BCUT2D eigenvalue weighted by molar-refractivity contribution is 9.10. The molecule has 1 fully saturated rings. The van der Waals surface area contributed by atoms with E-state index in [1.54, 1.807) is 6.07 Å². The zero-order chi connectivity index (χ0) is 15.5. The Hall–Kier alpha value is -0.450. The minimum absolute atomic E-state index is 0.0398. The van der Waals surface area contributed by atoms with E-state index in [0.29, 0.717) is 4.47 Å². The lowest BCUT2D eigenvalue weighted by Crippen LogP contribution is -2.59. The first-order valence-electron chi connectivity index (χ1n) is 7.98. The van der Waals surface area contributed by atoms with Gasteiger partial charge >= 0.3 is 0 Å². The van der Waals surface area contributed by atoms with Gasteiger partial charge < -0.3 is 5.73 Å². The van der Waals surface area contributed by atoms with Crippen LogP contribution in [0, 0.1) is 5.82 Å². The standard InChI is InChI=1S/C17H26BrFN2/c1-3-21(4-2)17(10-5-6-11-17)15(20)12-13-8-7-9-14(19)16(13)18/h7-9,15H,3-6,10-12,20H2,1-2H3. The van der Waals surface area contributed by atoms with Crippen LogP contribution in [0.3, 0.4) is 0 Å². The minimum atomic E-state index is -0.206. The normalized spacial score (nSPS) is 19.1. The second-order valence-corrected chi connectivity index (χ2v) is 6.80. The molecule has 0 heterocycles. The lowest BCUT2D eigenvalue weighted by atomic mass is 9.83. The summed E-state index contributed by atoms with van der Waals surface area (Å²) in [5, 5.41) is 0. The van der Waals surface area contributed by atoms with Gasteiger partial charge in [0, 0.05) is 11.6 Å². The highest BCUT2D eigenvalue weighted by Crippen LogP contribution is 2.39. The van der Waals surface area contributed by atoms with Gasteiger partial charge in [-0.1, -0.05) is 38.8 Å². The average molecular weight is 357 g/mol. The van der Waals surface area contributed by atoms with E-state index in [1.807, 2.05) is 6.07 Å². The topological polar surface area (TPSA) is 29.3 Å². The number of nitrogens with two attached hydrogens (primary N) is 1. The van der Waals surface area contributed by atoms with Gasteiger partial charge in [0.2, 0.25) is 0 Å². The maximum atomic E-state index is 13.7. The Morgan fingerprint density at radius 3 is 2.48 bits per heavy atom. The van der Waals surface area contributed by atoms with Crippen LogP contribution in [0.15, 0.2) is 22.7 Å². The van der Waals surface area contributed by atoms with Gasteiger partial charge in [-0.05, 0) is 59.9 Å². The molecule has 1 aromatic rings. The van der Waals surface area contributed by atoms with E-state index in [-0.39, 0.29) is 17.4 Å². The van der Waals surface area contributed by atoms with Gasteiger partial charge in [-0.2, -0.15) is 0 Å². The van der Waals surface area contributed by atoms with Gasteiger partial charge in [0.05, 0.1) is 4.47 Å². The molecular formula is C17H26BrFN2. The van der Waals surface area contributed by atoms with Crippen LogP contribution in [0.2, 0.25) is 0 Å². The Bertz CT molecular complexity index is 468. The Morgan fingerprint density at radius 2 is 1.90 bits per heavy atom. The third-order valence-electron chi connectivity index (χ3n) is 5.02. The van der Waals surface area contributed by atoms with Crippen molar-refractivity contribution in [3.05, 3.63) is 34.1 Å². The fourth-order valence-electron chi connectivity index (χ4n) is 3.90. The summed E-state index contributed by atoms with van der Waals surface area (Å²) in [6.07, 6.45) is 5.52. The monoisotopic (exact) mass is 356 g/mol. The van der Waals surface area contributed by atoms with Crippen molar-refractivity contribution in [2.24, 2.45) is 5.73 Å². The third kappa shape index (κ3) is 3.33. The smallest absolute Gasteiger partial charge is 0.137 e. The van der Waals surface area contributed by atoms with Crippen LogP contribution in [-0.2, 0) is 6.42 Å². The summed E-state index contributed by atoms with van der Waals surface area (Å²) in [4.78, 5) is 2.51. The summed E-state index contributed by atoms with van der Waals surface area (Å²) in [5.41, 5.74) is 7.68. The molecule has 1 aromatic carbocycles. The first kappa shape index (κ1) is 16.9. The second-order valence-electron chi connectivity index (χ2n) is 6.01. The number of halogens is 2. The molecule has 0 aromatic heterocycles. The quantitative estimate of drug-likeness (QED) is 0.830. The Labute approximate surface area is 136 Å². The molecular weight excluding hydrogens is 331 g/mol. The summed E-state index contributed by atoms with van der Waals surface area (Å²) in [7, 11) is 0. The number of hydrogen-bond donors (Lipinski definition) is 1. The highest BCUT2D eigenvalue weighted by atomic mass is 79.9. The van der Waals surface area contributed by atoms with Crippen LogP contribution in [0.25, 0.3) is 0 Å². The van der Waals surface area contributed by atoms with Crippen molar-refractivity contribution >= 4 is 15.9 Å². The van der Waals surface area contributed by atoms with E-state index in [4.69, 9.17) is 5.73 Å². The molecule has 1 aliphatic carbocycles. The molecule has 0 radical (unpaired) electrons. The van der Waals surface area contributed by atoms with Crippen LogP contribution in [0.1, 0.15) is 45.1 Å². The molecule has 2 nitrogen and oxygen atoms in total. The van der Waals surface area contributed by atoms with E-state index < -0.39 is 0 Å². The van der Waals surface area contributed by atoms with E-state index >= 15 is 0 Å². The molecule has 4 heteroatoms. The first-order valence-corrected chi connectivity index (χ1v) is 8.78. The molecule has 118 valence electrons. The van der Waals surface area contributed by atoms with Gasteiger partial charge in [-0.25, -0.2) is 4.39 Å². The van der Waals surface area contributed by atoms with Crippen LogP contribution >= 0.6 is 15.9 Å². The Balaban J connectivity index is 2.23. The van der Waals surface area contributed by atoms with Crippen molar-refractivity contribution in [1.82, 2.24) is 4.90 Å². The van der Waals surface area contributed by atoms with Crippen molar-refractivity contribution < 1.29 is 4.39 Å². The lowest BCUT2D eigenvalue weighted by Gasteiger charge is -2.45. The zero-order valence-electron chi connectivity index (χ0n) is 13.0. The van der Waals surface area contributed by atoms with Gasteiger partial charge in [0.15, 0.2) is 0 Å².